The van der Waals surface area contributed by atoms with Crippen LogP contribution in [0.15, 0.2) is 206 Å². The first-order chi connectivity index (χ1) is 61.1. The van der Waals surface area contributed by atoms with Crippen LogP contribution < -0.4 is 89.6 Å². The topological polar surface area (TPSA) is 374 Å². The van der Waals surface area contributed by atoms with Gasteiger partial charge in [-0.2, -0.15) is 0 Å². The third-order valence-corrected chi connectivity index (χ3v) is 18.5. The van der Waals surface area contributed by atoms with Crippen LogP contribution in [-0.4, -0.2) is 240 Å². The Kier molecular flexibility index (Phi) is 56.4. The second kappa shape index (κ2) is 67.3. The van der Waals surface area contributed by atoms with Gasteiger partial charge in [-0.15, -0.1) is 0 Å². The number of anilines is 2. The highest BCUT2D eigenvalue weighted by Crippen LogP contribution is 2.32. The second-order valence-corrected chi connectivity index (χ2v) is 26.5. The number of rotatable bonds is 41. The average Bonchev–Trinajstić information content (AvgIpc) is 0.846. The zero-order chi connectivity index (χ0) is 91.1. The van der Waals surface area contributed by atoms with E-state index < -0.39 is 0 Å². The first-order valence-corrected chi connectivity index (χ1v) is 40.3. The van der Waals surface area contributed by atoms with Gasteiger partial charge in [0.15, 0.2) is 23.0 Å². The molecule has 0 radical (unpaired) electrons. The molecule has 2 heterocycles. The van der Waals surface area contributed by atoms with Crippen LogP contribution in [0.4, 0.5) is 11.4 Å². The van der Waals surface area contributed by atoms with E-state index in [0.29, 0.717) is 96.4 Å². The minimum Gasteiger partial charge on any atom is -0.504 e. The number of phenols is 2. The van der Waals surface area contributed by atoms with E-state index in [1.165, 1.54) is 23.3 Å². The Morgan fingerprint density at radius 2 is 0.640 bits per heavy atom. The summed E-state index contributed by atoms with van der Waals surface area (Å²) in [4.78, 5) is 99.3. The minimum absolute atomic E-state index is 0.132. The fraction of sp³-hybridized carbons (Fsp3) is 0.330. The van der Waals surface area contributed by atoms with Gasteiger partial charge < -0.3 is 110 Å². The van der Waals surface area contributed by atoms with Gasteiger partial charge in [-0.05, 0) is 175 Å². The van der Waals surface area contributed by atoms with Gasteiger partial charge in [-0.1, -0.05) is 109 Å². The van der Waals surface area contributed by atoms with E-state index in [9.17, 15) is 43.2 Å². The summed E-state index contributed by atoms with van der Waals surface area (Å²) >= 11 is 0. The number of carbonyl (C=O) groups excluding carboxylic acids is 9. The maximum Gasteiger partial charge on any atom is 0.209 e. The Bertz CT molecular complexity index is 4430. The van der Waals surface area contributed by atoms with E-state index in [2.05, 4.69) is 59.2 Å². The number of para-hydroxylation sites is 4. The SMILES string of the molecule is COc1ccc(CCNC=O)cc1.COc1ccc(OC)c(CCNC=O)c1.COc1cccc(CCNC=O)c1.COc1cccc(CCNC=O)c1OC.COc1cccc(N2CCN(C=O)CC2)c1.COc1ccccc1CCNC=O.COc1ccccc1N1CCN(C=O)CC1.O=CNCCc1ccc(O)c(O)c1.O=CNCCc1ccccc1. The van der Waals surface area contributed by atoms with Gasteiger partial charge in [-0.25, -0.2) is 0 Å². The van der Waals surface area contributed by atoms with Crippen LogP contribution in [0.3, 0.4) is 0 Å². The van der Waals surface area contributed by atoms with Crippen molar-refractivity contribution in [3.05, 3.63) is 245 Å². The Morgan fingerprint density at radius 1 is 0.272 bits per heavy atom. The van der Waals surface area contributed by atoms with Gasteiger partial charge in [-0.3, -0.25) is 43.2 Å². The fourth-order valence-corrected chi connectivity index (χ4v) is 11.9. The van der Waals surface area contributed by atoms with Crippen molar-refractivity contribution in [2.45, 2.75) is 44.9 Å². The highest BCUT2D eigenvalue weighted by atomic mass is 16.5. The number of hydrogen-bond donors (Lipinski definition) is 9. The Balaban J connectivity index is 0.000000364. The minimum atomic E-state index is -0.136. The maximum absolute atomic E-state index is 10.6. The van der Waals surface area contributed by atoms with Crippen LogP contribution in [0.1, 0.15) is 38.9 Å². The smallest absolute Gasteiger partial charge is 0.209 e. The highest BCUT2D eigenvalue weighted by Gasteiger charge is 2.19. The molecule has 9 N–H and O–H groups in total. The lowest BCUT2D eigenvalue weighted by Crippen LogP contribution is -2.45. The van der Waals surface area contributed by atoms with E-state index in [1.54, 1.807) is 79.9 Å². The van der Waals surface area contributed by atoms with E-state index in [0.717, 1.165) is 195 Å². The molecule has 674 valence electrons. The van der Waals surface area contributed by atoms with Gasteiger partial charge in [0.25, 0.3) is 0 Å². The van der Waals surface area contributed by atoms with Crippen molar-refractivity contribution in [3.63, 3.8) is 0 Å². The van der Waals surface area contributed by atoms with E-state index in [1.807, 2.05) is 176 Å². The molecule has 0 atom stereocenters. The third-order valence-electron chi connectivity index (χ3n) is 18.5. The molecule has 2 saturated heterocycles. The second-order valence-electron chi connectivity index (χ2n) is 26.5. The number of methoxy groups -OCH3 is 9. The Hall–Kier alpha value is -14.4. The Morgan fingerprint density at radius 3 is 1.13 bits per heavy atom. The van der Waals surface area contributed by atoms with Gasteiger partial charge in [0.2, 0.25) is 57.7 Å². The van der Waals surface area contributed by atoms with Crippen LogP contribution in [0.25, 0.3) is 0 Å². The third kappa shape index (κ3) is 43.6. The molecule has 2 fully saturated rings. The maximum atomic E-state index is 10.6. The lowest BCUT2D eigenvalue weighted by Gasteiger charge is -2.34. The van der Waals surface area contributed by atoms with Crippen molar-refractivity contribution < 1.29 is 96.0 Å². The number of benzene rings is 9. The van der Waals surface area contributed by atoms with Crippen molar-refractivity contribution in [2.24, 2.45) is 0 Å². The molecule has 31 heteroatoms. The summed E-state index contributed by atoms with van der Waals surface area (Å²) in [5.74, 6) is 7.10. The molecule has 2 aliphatic rings. The average molecular weight is 1730 g/mol. The van der Waals surface area contributed by atoms with Gasteiger partial charge in [0, 0.05) is 110 Å². The number of amides is 9. The van der Waals surface area contributed by atoms with Crippen LogP contribution >= 0.6 is 0 Å². The van der Waals surface area contributed by atoms with E-state index in [4.69, 9.17) is 52.8 Å². The monoisotopic (exact) mass is 1730 g/mol. The quantitative estimate of drug-likeness (QED) is 0.00989. The fourth-order valence-electron chi connectivity index (χ4n) is 11.9. The summed E-state index contributed by atoms with van der Waals surface area (Å²) in [6.45, 7) is 11.0. The van der Waals surface area contributed by atoms with E-state index in [-0.39, 0.29) is 11.5 Å². The predicted octanol–water partition coefficient (Wildman–Crippen LogP) is 8.24. The largest absolute Gasteiger partial charge is 0.504 e. The van der Waals surface area contributed by atoms with Crippen molar-refractivity contribution in [1.29, 1.82) is 0 Å². The predicted molar refractivity (Wildman–Crippen MR) is 484 cm³/mol. The number of phenolic OH excluding ortho intramolecular Hbond substituents is 2. The molecule has 11 rings (SSSR count). The summed E-state index contributed by atoms with van der Waals surface area (Å²) in [5, 5.41) is 36.3. The molecule has 0 aromatic heterocycles. The molecule has 2 aliphatic heterocycles. The molecule has 0 bridgehead atoms. The van der Waals surface area contributed by atoms with Crippen LogP contribution in [0.2, 0.25) is 0 Å². The molecular formula is C94H123N11O20. The van der Waals surface area contributed by atoms with Crippen LogP contribution in [0, 0.1) is 0 Å². The number of aromatic hydroxyl groups is 2. The summed E-state index contributed by atoms with van der Waals surface area (Å²) in [5.41, 5.74) is 9.88. The number of nitrogens with one attached hydrogen (secondary N) is 7. The molecule has 0 aliphatic carbocycles. The first-order valence-electron chi connectivity index (χ1n) is 40.3. The molecule has 0 saturated carbocycles. The number of carbonyl (C=O) groups is 9. The first kappa shape index (κ1) is 105. The van der Waals surface area contributed by atoms with Gasteiger partial charge >= 0.3 is 0 Å². The summed E-state index contributed by atoms with van der Waals surface area (Å²) in [7, 11) is 14.7. The number of piperazine rings is 2. The van der Waals surface area contributed by atoms with Crippen LogP contribution in [-0.2, 0) is 88.1 Å². The zero-order valence-corrected chi connectivity index (χ0v) is 72.9. The van der Waals surface area contributed by atoms with Gasteiger partial charge in [0.1, 0.15) is 40.2 Å². The summed E-state index contributed by atoms with van der Waals surface area (Å²) in [6.07, 6.45) is 12.1. The lowest BCUT2D eigenvalue weighted by molar-refractivity contribution is -0.119. The molecule has 31 nitrogen and oxygen atoms in total. The zero-order valence-electron chi connectivity index (χ0n) is 72.9. The standard InChI is InChI=1S/2C12H16N2O2.2C11H15NO3.3C10H13NO2.C9H11NO3.C9H11NO/c1-16-12-4-2-3-11(9-12)14-7-5-13(10-15)6-8-14;1-16-12-5-3-2-4-11(12)14-8-6-13(10-15)7-9-14;1-14-10-3-4-11(15-2)9(7-10)5-6-12-8-13;1-14-10-5-3-4-9(11(10)15-2)6-7-12-8-13;1-13-10-4-2-9(3-5-10)6-7-11-8-12;1-13-10-4-2-3-9(7-10)5-6-11-8-12;1-13-10-5-3-2-4-9(10)6-7-11-8-12;11-6-10-4-3-7-1-2-8(12)9(13)5-7;11-8-10-7-6-9-4-2-1-3-5-9/h2-4,9-10H,5-8H2,1H3;2-5,10H,6-9H2,1H3;3-4,7-8H,5-6H2,1-2H3,(H,12,13);3-5,8H,6-7H2,1-2H3,(H,12,13);2-5,8H,6-7H2,1H3,(H,11,12);2-4,7-8H,5-6H2,1H3,(H,11,12);2-5,8H,6-7H2,1H3,(H,11,12);1-2,5-6,12-13H,3-4H2,(H,10,11);1-5,8H,6-7H2,(H,10,11). The molecule has 0 spiro atoms. The highest BCUT2D eigenvalue weighted by molar-refractivity contribution is 5.60. The molecule has 9 aromatic rings. The van der Waals surface area contributed by atoms with Crippen molar-refractivity contribution in [1.82, 2.24) is 47.0 Å². The van der Waals surface area contributed by atoms with Crippen molar-refractivity contribution >= 4 is 69.1 Å². The summed E-state index contributed by atoms with van der Waals surface area (Å²) in [6, 6.07) is 65.4. The molecule has 9 amide bonds. The van der Waals surface area contributed by atoms with Crippen molar-refractivity contribution in [2.75, 3.05) is 172 Å². The van der Waals surface area contributed by atoms with E-state index >= 15 is 0 Å². The summed E-state index contributed by atoms with van der Waals surface area (Å²) < 4.78 is 46.5. The van der Waals surface area contributed by atoms with Gasteiger partial charge in [0.05, 0.1) is 69.7 Å². The number of nitrogens with zero attached hydrogens (tertiary/aromatic N) is 4. The van der Waals surface area contributed by atoms with Crippen molar-refractivity contribution in [3.8, 4) is 63.2 Å². The molecular weight excluding hydrogens is 1600 g/mol. The van der Waals surface area contributed by atoms with Crippen LogP contribution in [0.5, 0.6) is 63.2 Å². The lowest BCUT2D eigenvalue weighted by atomic mass is 10.1. The molecule has 9 aromatic carbocycles. The Labute approximate surface area is 733 Å². The number of ether oxygens (including phenoxy) is 9. The number of hydrogen-bond acceptors (Lipinski definition) is 22. The molecule has 0 unspecified atom stereocenters. The normalized spacial score (nSPS) is 11.1. The molecule has 125 heavy (non-hydrogen) atoms.